The van der Waals surface area contributed by atoms with Crippen LogP contribution in [0.4, 0.5) is 32.6 Å². The summed E-state index contributed by atoms with van der Waals surface area (Å²) in [6.07, 6.45) is -4.18. The van der Waals surface area contributed by atoms with E-state index in [2.05, 4.69) is 63.0 Å². The zero-order chi connectivity index (χ0) is 45.6. The van der Waals surface area contributed by atoms with E-state index in [0.29, 0.717) is 18.2 Å². The van der Waals surface area contributed by atoms with Crippen molar-refractivity contribution in [1.82, 2.24) is 14.9 Å². The number of benzene rings is 3. The highest BCUT2D eigenvalue weighted by Gasteiger charge is 2.46. The van der Waals surface area contributed by atoms with E-state index in [0.717, 1.165) is 6.07 Å². The smallest absolute Gasteiger partial charge is 0.422 e. The number of aromatic nitrogens is 2. The van der Waals surface area contributed by atoms with E-state index in [-0.39, 0.29) is 70.0 Å². The molecule has 4 aromatic rings. The summed E-state index contributed by atoms with van der Waals surface area (Å²) in [7, 11) is -1.09. The van der Waals surface area contributed by atoms with Gasteiger partial charge in [-0.2, -0.15) is 23.1 Å². The van der Waals surface area contributed by atoms with Crippen molar-refractivity contribution in [2.75, 3.05) is 38.5 Å². The number of aromatic carboxylic acids is 1. The molecule has 1 N–H and O–H groups in total. The molecule has 0 saturated carbocycles. The van der Waals surface area contributed by atoms with Gasteiger partial charge < -0.3 is 29.0 Å². The third-order valence-corrected chi connectivity index (χ3v) is 18.1. The SMILES string of the molecule is COCOc1cc(-c2c(C(=O)O)cc3c(N4C[C@H]5CC[C@@H](C4)N5C(=O)OC(C)(C)C)nc(OCC(F)(F)F)nc3c2F)c2c(C#C[Si](C(C)C)(C(C)C)C(C)C)c(F)ccc2c1. The maximum atomic E-state index is 17.8. The molecule has 1 amide bonds. The Hall–Kier alpha value is -5.21. The Labute approximate surface area is 358 Å². The second-order valence-corrected chi connectivity index (χ2v) is 23.5. The van der Waals surface area contributed by atoms with E-state index in [1.807, 2.05) is 0 Å². The van der Waals surface area contributed by atoms with E-state index < -0.39 is 84.9 Å². The largest absolute Gasteiger partial charge is 0.478 e. The fourth-order valence-electron chi connectivity index (χ4n) is 9.31. The molecule has 2 aliphatic rings. The topological polar surface area (TPSA) is 124 Å². The maximum Gasteiger partial charge on any atom is 0.422 e. The van der Waals surface area contributed by atoms with Crippen molar-refractivity contribution >= 4 is 47.6 Å². The van der Waals surface area contributed by atoms with Crippen LogP contribution >= 0.6 is 0 Å². The number of rotatable bonds is 11. The average Bonchev–Trinajstić information content (AvgIpc) is 3.44. The molecular formula is C45H53F5N4O7Si. The highest BCUT2D eigenvalue weighted by atomic mass is 28.3. The molecule has 17 heteroatoms. The molecule has 0 unspecified atom stereocenters. The van der Waals surface area contributed by atoms with Gasteiger partial charge in [-0.3, -0.25) is 4.90 Å². The van der Waals surface area contributed by atoms with Gasteiger partial charge >= 0.3 is 24.2 Å². The predicted molar refractivity (Wildman–Crippen MR) is 228 cm³/mol. The Balaban J connectivity index is 1.64. The standard InChI is InChI=1S/C45H53F5N4O7Si/c1-24(2)62(25(3)4,26(5)6)16-15-31-35(46)14-11-27-17-30(60-23-58-10)18-32(36(27)31)37-33(41(55)56)19-34-39(38(37)47)51-42(59-22-45(48,49)50)52-40(34)53-20-28-12-13-29(21-53)54(28)43(57)61-44(7,8)9/h11,14,17-19,24-26,28-29H,12-13,20-23H2,1-10H3,(H,55,56)/t28-,29+. The zero-order valence-corrected chi connectivity index (χ0v) is 37.6. The van der Waals surface area contributed by atoms with E-state index in [4.69, 9.17) is 18.9 Å². The lowest BCUT2D eigenvalue weighted by atomic mass is 9.90. The van der Waals surface area contributed by atoms with E-state index in [9.17, 15) is 27.9 Å². The molecule has 334 valence electrons. The van der Waals surface area contributed by atoms with Crippen LogP contribution in [-0.4, -0.2) is 97.6 Å². The van der Waals surface area contributed by atoms with Gasteiger partial charge in [0.05, 0.1) is 23.2 Å². The summed E-state index contributed by atoms with van der Waals surface area (Å²) in [4.78, 5) is 38.4. The molecule has 2 fully saturated rings. The van der Waals surface area contributed by atoms with Crippen molar-refractivity contribution in [3.63, 3.8) is 0 Å². The molecule has 0 radical (unpaired) electrons. The Bertz CT molecular complexity index is 2410. The number of carboxylic acids is 1. The minimum Gasteiger partial charge on any atom is -0.478 e. The number of halogens is 5. The summed E-state index contributed by atoms with van der Waals surface area (Å²) in [6.45, 7) is 16.0. The van der Waals surface area contributed by atoms with Gasteiger partial charge in [0.25, 0.3) is 0 Å². The highest BCUT2D eigenvalue weighted by Crippen LogP contribution is 2.45. The number of carboxylic acid groups (broad SMARTS) is 1. The summed E-state index contributed by atoms with van der Waals surface area (Å²) >= 11 is 0. The maximum absolute atomic E-state index is 17.8. The Morgan fingerprint density at radius 2 is 1.56 bits per heavy atom. The van der Waals surface area contributed by atoms with Crippen LogP contribution in [0.5, 0.6) is 11.8 Å². The minimum atomic E-state index is -4.81. The third-order valence-electron chi connectivity index (χ3n) is 11.8. The van der Waals surface area contributed by atoms with Crippen LogP contribution in [0.3, 0.4) is 0 Å². The number of alkyl halides is 3. The number of nitrogens with zero attached hydrogens (tertiary/aromatic N) is 4. The lowest BCUT2D eigenvalue weighted by Crippen LogP contribution is -2.57. The van der Waals surface area contributed by atoms with Gasteiger partial charge in [0.2, 0.25) is 0 Å². The molecule has 3 heterocycles. The van der Waals surface area contributed by atoms with E-state index in [1.165, 1.54) is 25.3 Å². The summed E-state index contributed by atoms with van der Waals surface area (Å²) in [5.41, 5.74) is 1.45. The highest BCUT2D eigenvalue weighted by molar-refractivity contribution is 6.90. The Morgan fingerprint density at radius 3 is 2.11 bits per heavy atom. The first kappa shape index (κ1) is 46.3. The van der Waals surface area contributed by atoms with Gasteiger partial charge in [-0.25, -0.2) is 18.4 Å². The second kappa shape index (κ2) is 17.5. The molecule has 1 aromatic heterocycles. The third kappa shape index (κ3) is 9.13. The summed E-state index contributed by atoms with van der Waals surface area (Å²) < 4.78 is 96.3. The van der Waals surface area contributed by atoms with Crippen LogP contribution in [0.15, 0.2) is 30.3 Å². The molecule has 62 heavy (non-hydrogen) atoms. The quantitative estimate of drug-likeness (QED) is 0.0674. The molecular weight excluding hydrogens is 832 g/mol. The number of fused-ring (bicyclic) bond motifs is 4. The number of piperazine rings is 1. The summed E-state index contributed by atoms with van der Waals surface area (Å²) in [5, 5.41) is 11.2. The van der Waals surface area contributed by atoms with Crippen LogP contribution in [0.1, 0.15) is 91.1 Å². The van der Waals surface area contributed by atoms with Gasteiger partial charge in [0.1, 0.15) is 36.6 Å². The van der Waals surface area contributed by atoms with Crippen LogP contribution in [0, 0.1) is 23.1 Å². The molecule has 2 atom stereocenters. The molecule has 0 aliphatic carbocycles. The van der Waals surface area contributed by atoms with Crippen molar-refractivity contribution in [3.8, 4) is 34.4 Å². The van der Waals surface area contributed by atoms with Gasteiger partial charge in [0, 0.05) is 36.5 Å². The summed E-state index contributed by atoms with van der Waals surface area (Å²) in [6, 6.07) is 5.15. The molecule has 2 saturated heterocycles. The van der Waals surface area contributed by atoms with E-state index in [1.54, 1.807) is 36.6 Å². The van der Waals surface area contributed by atoms with Crippen LogP contribution in [-0.2, 0) is 9.47 Å². The fourth-order valence-corrected chi connectivity index (χ4v) is 14.5. The number of hydrogen-bond acceptors (Lipinski definition) is 9. The lowest BCUT2D eigenvalue weighted by molar-refractivity contribution is -0.154. The number of hydrogen-bond donors (Lipinski definition) is 1. The van der Waals surface area contributed by atoms with Crippen LogP contribution in [0.25, 0.3) is 32.8 Å². The van der Waals surface area contributed by atoms with E-state index >= 15 is 8.78 Å². The number of anilines is 1. The van der Waals surface area contributed by atoms with Gasteiger partial charge in [-0.1, -0.05) is 53.5 Å². The molecule has 6 rings (SSSR count). The van der Waals surface area contributed by atoms with Crippen molar-refractivity contribution < 1.29 is 55.6 Å². The van der Waals surface area contributed by atoms with Gasteiger partial charge in [-0.05, 0) is 85.5 Å². The van der Waals surface area contributed by atoms with Gasteiger partial charge in [-0.15, -0.1) is 5.54 Å². The predicted octanol–water partition coefficient (Wildman–Crippen LogP) is 10.5. The fraction of sp³-hybridized carbons (Fsp3) is 0.511. The summed E-state index contributed by atoms with van der Waals surface area (Å²) in [5.74, 6) is -0.326. The van der Waals surface area contributed by atoms with Crippen molar-refractivity contribution in [3.05, 3.63) is 53.1 Å². The first-order valence-corrected chi connectivity index (χ1v) is 22.8. The molecule has 2 bridgehead atoms. The molecule has 11 nitrogen and oxygen atoms in total. The number of carbonyl (C=O) groups is 2. The molecule has 2 aliphatic heterocycles. The normalized spacial score (nSPS) is 17.0. The monoisotopic (exact) mass is 884 g/mol. The van der Waals surface area contributed by atoms with Crippen molar-refractivity contribution in [2.45, 2.75) is 116 Å². The van der Waals surface area contributed by atoms with Crippen LogP contribution < -0.4 is 14.4 Å². The number of methoxy groups -OCH3 is 1. The van der Waals surface area contributed by atoms with Crippen molar-refractivity contribution in [1.29, 1.82) is 0 Å². The number of ether oxygens (including phenoxy) is 4. The average molecular weight is 885 g/mol. The molecule has 3 aromatic carbocycles. The lowest BCUT2D eigenvalue weighted by Gasteiger charge is -2.42. The molecule has 0 spiro atoms. The first-order valence-electron chi connectivity index (χ1n) is 20.6. The number of amides is 1. The van der Waals surface area contributed by atoms with Gasteiger partial charge in [0.15, 0.2) is 19.2 Å². The first-order chi connectivity index (χ1) is 29.0. The Morgan fingerprint density at radius 1 is 0.935 bits per heavy atom. The number of carbonyl (C=O) groups excluding carboxylic acids is 1. The van der Waals surface area contributed by atoms with Crippen molar-refractivity contribution in [2.24, 2.45) is 0 Å². The second-order valence-electron chi connectivity index (χ2n) is 17.9. The minimum absolute atomic E-state index is 0.0821. The zero-order valence-electron chi connectivity index (χ0n) is 36.6. The van der Waals surface area contributed by atoms with Crippen LogP contribution in [0.2, 0.25) is 16.6 Å². The Kier molecular flexibility index (Phi) is 13.1.